The molecule has 1 aliphatic rings. The molecule has 0 amide bonds. The second-order valence-electron chi connectivity index (χ2n) is 5.58. The van der Waals surface area contributed by atoms with Crippen LogP contribution in [0.2, 0.25) is 0 Å². The zero-order valence-corrected chi connectivity index (χ0v) is 12.6. The smallest absolute Gasteiger partial charge is 0.117 e. The van der Waals surface area contributed by atoms with Crippen LogP contribution in [-0.2, 0) is 4.74 Å². The molecule has 1 N–H and O–H groups in total. The summed E-state index contributed by atoms with van der Waals surface area (Å²) in [5.41, 5.74) is 1.25. The van der Waals surface area contributed by atoms with Crippen LogP contribution < -0.4 is 5.32 Å². The van der Waals surface area contributed by atoms with Gasteiger partial charge in [-0.25, -0.2) is 0 Å². The first-order valence-corrected chi connectivity index (χ1v) is 7.83. The molecular formula is C16H31NO. The second kappa shape index (κ2) is 9.29. The molecule has 1 rings (SSSR count). The number of hydrogen-bond donors (Lipinski definition) is 1. The standard InChI is InChI=1S/C16H31NO/c1-4-5-6-7-8-9-10-11-14(2)16-15(3)17-12-13-18-16/h14,17H,4-13H2,1-3H3. The first-order valence-electron chi connectivity index (χ1n) is 7.83. The van der Waals surface area contributed by atoms with Gasteiger partial charge in [-0.3, -0.25) is 0 Å². The summed E-state index contributed by atoms with van der Waals surface area (Å²) in [5.74, 6) is 1.78. The van der Waals surface area contributed by atoms with Gasteiger partial charge >= 0.3 is 0 Å². The molecule has 1 heterocycles. The summed E-state index contributed by atoms with van der Waals surface area (Å²) in [7, 11) is 0. The summed E-state index contributed by atoms with van der Waals surface area (Å²) >= 11 is 0. The monoisotopic (exact) mass is 253 g/mol. The van der Waals surface area contributed by atoms with Gasteiger partial charge in [0, 0.05) is 18.2 Å². The summed E-state index contributed by atoms with van der Waals surface area (Å²) < 4.78 is 5.78. The summed E-state index contributed by atoms with van der Waals surface area (Å²) in [6.45, 7) is 8.49. The fraction of sp³-hybridized carbons (Fsp3) is 0.875. The third kappa shape index (κ3) is 5.79. The number of rotatable bonds is 9. The van der Waals surface area contributed by atoms with Crippen molar-refractivity contribution in [3.63, 3.8) is 0 Å². The van der Waals surface area contributed by atoms with E-state index in [-0.39, 0.29) is 0 Å². The molecular weight excluding hydrogens is 222 g/mol. The van der Waals surface area contributed by atoms with Crippen LogP contribution >= 0.6 is 0 Å². The number of unbranched alkanes of at least 4 members (excludes halogenated alkanes) is 6. The van der Waals surface area contributed by atoms with Crippen molar-refractivity contribution >= 4 is 0 Å². The van der Waals surface area contributed by atoms with E-state index in [0.717, 1.165) is 13.2 Å². The van der Waals surface area contributed by atoms with Gasteiger partial charge in [0.15, 0.2) is 0 Å². The number of allylic oxidation sites excluding steroid dienone is 2. The Labute approximate surface area is 113 Å². The van der Waals surface area contributed by atoms with Crippen LogP contribution in [0, 0.1) is 5.92 Å². The predicted octanol–water partition coefficient (Wildman–Crippen LogP) is 4.61. The zero-order valence-electron chi connectivity index (χ0n) is 12.6. The highest BCUT2D eigenvalue weighted by molar-refractivity contribution is 5.08. The lowest BCUT2D eigenvalue weighted by Gasteiger charge is -2.25. The van der Waals surface area contributed by atoms with E-state index in [1.54, 1.807) is 0 Å². The lowest BCUT2D eigenvalue weighted by Crippen LogP contribution is -2.27. The van der Waals surface area contributed by atoms with Crippen LogP contribution in [-0.4, -0.2) is 13.2 Å². The molecule has 1 atom stereocenters. The minimum atomic E-state index is 0.577. The van der Waals surface area contributed by atoms with E-state index in [0.29, 0.717) is 5.92 Å². The minimum absolute atomic E-state index is 0.577. The Morgan fingerprint density at radius 2 is 1.78 bits per heavy atom. The third-order valence-corrected chi connectivity index (χ3v) is 3.81. The molecule has 0 saturated heterocycles. The molecule has 0 aromatic carbocycles. The quantitative estimate of drug-likeness (QED) is 0.606. The van der Waals surface area contributed by atoms with Gasteiger partial charge in [0.25, 0.3) is 0 Å². The van der Waals surface area contributed by atoms with Crippen LogP contribution in [0.25, 0.3) is 0 Å². The Hall–Kier alpha value is -0.660. The van der Waals surface area contributed by atoms with Crippen molar-refractivity contribution < 1.29 is 4.74 Å². The average molecular weight is 253 g/mol. The maximum Gasteiger partial charge on any atom is 0.117 e. The largest absolute Gasteiger partial charge is 0.494 e. The average Bonchev–Trinajstić information content (AvgIpc) is 2.38. The van der Waals surface area contributed by atoms with E-state index in [9.17, 15) is 0 Å². The summed E-state index contributed by atoms with van der Waals surface area (Å²) in [5, 5.41) is 3.39. The predicted molar refractivity (Wildman–Crippen MR) is 78.4 cm³/mol. The van der Waals surface area contributed by atoms with Crippen molar-refractivity contribution in [2.75, 3.05) is 13.2 Å². The van der Waals surface area contributed by atoms with E-state index >= 15 is 0 Å². The molecule has 0 radical (unpaired) electrons. The normalized spacial score (nSPS) is 17.3. The van der Waals surface area contributed by atoms with Crippen LogP contribution in [0.15, 0.2) is 11.5 Å². The van der Waals surface area contributed by atoms with E-state index in [1.807, 2.05) is 0 Å². The molecule has 1 unspecified atom stereocenters. The summed E-state index contributed by atoms with van der Waals surface area (Å²) in [6, 6.07) is 0. The van der Waals surface area contributed by atoms with Crippen molar-refractivity contribution in [2.45, 2.75) is 72.1 Å². The molecule has 0 fully saturated rings. The van der Waals surface area contributed by atoms with Crippen molar-refractivity contribution in [2.24, 2.45) is 5.92 Å². The lowest BCUT2D eigenvalue weighted by molar-refractivity contribution is 0.157. The Morgan fingerprint density at radius 3 is 2.44 bits per heavy atom. The fourth-order valence-electron chi connectivity index (χ4n) is 2.65. The van der Waals surface area contributed by atoms with Gasteiger partial charge < -0.3 is 10.1 Å². The molecule has 0 aliphatic carbocycles. The van der Waals surface area contributed by atoms with Crippen LogP contribution in [0.4, 0.5) is 0 Å². The van der Waals surface area contributed by atoms with Crippen LogP contribution in [0.3, 0.4) is 0 Å². The first-order chi connectivity index (χ1) is 8.75. The van der Waals surface area contributed by atoms with Crippen molar-refractivity contribution in [1.82, 2.24) is 5.32 Å². The highest BCUT2D eigenvalue weighted by atomic mass is 16.5. The molecule has 18 heavy (non-hydrogen) atoms. The van der Waals surface area contributed by atoms with E-state index < -0.39 is 0 Å². The van der Waals surface area contributed by atoms with Gasteiger partial charge in [0.2, 0.25) is 0 Å². The van der Waals surface area contributed by atoms with E-state index in [4.69, 9.17) is 4.74 Å². The van der Waals surface area contributed by atoms with Gasteiger partial charge in [-0.15, -0.1) is 0 Å². The van der Waals surface area contributed by atoms with Gasteiger partial charge in [0.1, 0.15) is 12.4 Å². The lowest BCUT2D eigenvalue weighted by atomic mass is 9.98. The summed E-state index contributed by atoms with van der Waals surface area (Å²) in [4.78, 5) is 0. The zero-order chi connectivity index (χ0) is 13.2. The Morgan fingerprint density at radius 1 is 1.11 bits per heavy atom. The third-order valence-electron chi connectivity index (χ3n) is 3.81. The minimum Gasteiger partial charge on any atom is -0.494 e. The molecule has 106 valence electrons. The molecule has 0 aromatic rings. The SMILES string of the molecule is CCCCCCCCCC(C)C1=C(C)NCCO1. The van der Waals surface area contributed by atoms with Gasteiger partial charge in [-0.2, -0.15) is 0 Å². The number of hydrogen-bond acceptors (Lipinski definition) is 2. The van der Waals surface area contributed by atoms with Crippen molar-refractivity contribution in [3.05, 3.63) is 11.5 Å². The maximum atomic E-state index is 5.78. The molecule has 2 nitrogen and oxygen atoms in total. The highest BCUT2D eigenvalue weighted by Gasteiger charge is 2.16. The molecule has 0 spiro atoms. The van der Waals surface area contributed by atoms with Gasteiger partial charge in [-0.05, 0) is 13.3 Å². The van der Waals surface area contributed by atoms with E-state index in [2.05, 4.69) is 26.1 Å². The van der Waals surface area contributed by atoms with Crippen LogP contribution in [0.1, 0.15) is 72.1 Å². The fourth-order valence-corrected chi connectivity index (χ4v) is 2.65. The van der Waals surface area contributed by atoms with Crippen LogP contribution in [0.5, 0.6) is 0 Å². The molecule has 2 heteroatoms. The first kappa shape index (κ1) is 15.4. The Kier molecular flexibility index (Phi) is 7.95. The van der Waals surface area contributed by atoms with Gasteiger partial charge in [0.05, 0.1) is 0 Å². The molecule has 0 bridgehead atoms. The highest BCUT2D eigenvalue weighted by Crippen LogP contribution is 2.23. The molecule has 1 aliphatic heterocycles. The Balaban J connectivity index is 2.08. The maximum absolute atomic E-state index is 5.78. The number of ether oxygens (including phenoxy) is 1. The summed E-state index contributed by atoms with van der Waals surface area (Å²) in [6.07, 6.45) is 11.0. The second-order valence-corrected chi connectivity index (χ2v) is 5.58. The molecule has 0 saturated carbocycles. The molecule has 0 aromatic heterocycles. The van der Waals surface area contributed by atoms with E-state index in [1.165, 1.54) is 62.8 Å². The topological polar surface area (TPSA) is 21.3 Å². The Bertz CT molecular complexity index is 247. The van der Waals surface area contributed by atoms with Crippen molar-refractivity contribution in [3.8, 4) is 0 Å². The number of nitrogens with one attached hydrogen (secondary N) is 1. The van der Waals surface area contributed by atoms with Gasteiger partial charge in [-0.1, -0.05) is 58.8 Å². The van der Waals surface area contributed by atoms with Crippen molar-refractivity contribution in [1.29, 1.82) is 0 Å².